The molecule has 6 heteroatoms. The van der Waals surface area contributed by atoms with Gasteiger partial charge in [0.25, 0.3) is 0 Å². The number of hydrogen-bond acceptors (Lipinski definition) is 5. The minimum Gasteiger partial charge on any atom is -0.494 e. The van der Waals surface area contributed by atoms with E-state index in [1.165, 1.54) is 30.6 Å². The Bertz CT molecular complexity index is 954. The standard InChI is InChI=1S/C21H23FN4O/c1-15-4-3-5-16(10-15)13-25-6-8-26(9-7-25)21-17-11-20(27-2)18(22)12-19(17)23-14-24-21/h3-5,10-12,14H,6-9,13H2,1-2H3. The Balaban J connectivity index is 1.51. The summed E-state index contributed by atoms with van der Waals surface area (Å²) in [6.45, 7) is 6.74. The van der Waals surface area contributed by atoms with E-state index >= 15 is 0 Å². The topological polar surface area (TPSA) is 41.5 Å². The van der Waals surface area contributed by atoms with Crippen molar-refractivity contribution in [2.24, 2.45) is 0 Å². The molecule has 1 aromatic heterocycles. The summed E-state index contributed by atoms with van der Waals surface area (Å²) in [5, 5.41) is 0.822. The maximum atomic E-state index is 14.0. The number of methoxy groups -OCH3 is 1. The van der Waals surface area contributed by atoms with Crippen LogP contribution in [0.5, 0.6) is 5.75 Å². The maximum Gasteiger partial charge on any atom is 0.167 e. The number of aryl methyl sites for hydroxylation is 1. The van der Waals surface area contributed by atoms with Gasteiger partial charge >= 0.3 is 0 Å². The number of piperazine rings is 1. The van der Waals surface area contributed by atoms with Crippen molar-refractivity contribution in [3.8, 4) is 5.75 Å². The SMILES string of the molecule is COc1cc2c(N3CCN(Cc4cccc(C)c4)CC3)ncnc2cc1F. The third kappa shape index (κ3) is 3.71. The maximum absolute atomic E-state index is 14.0. The van der Waals surface area contributed by atoms with Crippen LogP contribution in [0.2, 0.25) is 0 Å². The lowest BCUT2D eigenvalue weighted by Crippen LogP contribution is -2.46. The predicted octanol–water partition coefficient (Wildman–Crippen LogP) is 3.41. The Hall–Kier alpha value is -2.73. The molecule has 2 heterocycles. The number of hydrogen-bond donors (Lipinski definition) is 0. The van der Waals surface area contributed by atoms with Crippen LogP contribution in [0.4, 0.5) is 10.2 Å². The molecule has 0 radical (unpaired) electrons. The lowest BCUT2D eigenvalue weighted by atomic mass is 10.1. The van der Waals surface area contributed by atoms with Crippen LogP contribution >= 0.6 is 0 Å². The first-order valence-corrected chi connectivity index (χ1v) is 9.15. The number of halogens is 1. The smallest absolute Gasteiger partial charge is 0.167 e. The fraction of sp³-hybridized carbons (Fsp3) is 0.333. The van der Waals surface area contributed by atoms with Gasteiger partial charge in [0.2, 0.25) is 0 Å². The van der Waals surface area contributed by atoms with Crippen LogP contribution < -0.4 is 9.64 Å². The first-order chi connectivity index (χ1) is 13.1. The van der Waals surface area contributed by atoms with Gasteiger partial charge in [-0.1, -0.05) is 29.8 Å². The molecule has 1 aliphatic heterocycles. The number of rotatable bonds is 4. The van der Waals surface area contributed by atoms with Crippen molar-refractivity contribution in [1.29, 1.82) is 0 Å². The second-order valence-electron chi connectivity index (χ2n) is 6.95. The highest BCUT2D eigenvalue weighted by Crippen LogP contribution is 2.29. The molecule has 0 aliphatic carbocycles. The Morgan fingerprint density at radius 3 is 2.63 bits per heavy atom. The average molecular weight is 366 g/mol. The fourth-order valence-electron chi connectivity index (χ4n) is 3.64. The van der Waals surface area contributed by atoms with Crippen molar-refractivity contribution < 1.29 is 9.13 Å². The van der Waals surface area contributed by atoms with E-state index in [-0.39, 0.29) is 5.75 Å². The molecule has 0 atom stereocenters. The third-order valence-electron chi connectivity index (χ3n) is 5.05. The second kappa shape index (κ2) is 7.48. The molecule has 0 N–H and O–H groups in total. The molecular formula is C21H23FN4O. The number of anilines is 1. The van der Waals surface area contributed by atoms with E-state index in [4.69, 9.17) is 4.74 Å². The van der Waals surface area contributed by atoms with Crippen molar-refractivity contribution >= 4 is 16.7 Å². The van der Waals surface area contributed by atoms with Crippen molar-refractivity contribution in [2.75, 3.05) is 38.2 Å². The first kappa shape index (κ1) is 17.7. The molecule has 2 aromatic carbocycles. The zero-order valence-electron chi connectivity index (χ0n) is 15.7. The Morgan fingerprint density at radius 1 is 1.07 bits per heavy atom. The van der Waals surface area contributed by atoms with Crippen molar-refractivity contribution in [3.63, 3.8) is 0 Å². The minimum atomic E-state index is -0.405. The van der Waals surface area contributed by atoms with Gasteiger partial charge in [-0.3, -0.25) is 4.90 Å². The van der Waals surface area contributed by atoms with E-state index in [9.17, 15) is 4.39 Å². The number of nitrogens with zero attached hydrogens (tertiary/aromatic N) is 4. The van der Waals surface area contributed by atoms with E-state index in [1.807, 2.05) is 0 Å². The molecule has 1 saturated heterocycles. The summed E-state index contributed by atoms with van der Waals surface area (Å²) in [6, 6.07) is 11.8. The largest absolute Gasteiger partial charge is 0.494 e. The molecule has 5 nitrogen and oxygen atoms in total. The highest BCUT2D eigenvalue weighted by atomic mass is 19.1. The minimum absolute atomic E-state index is 0.219. The molecule has 27 heavy (non-hydrogen) atoms. The molecule has 1 aliphatic rings. The van der Waals surface area contributed by atoms with E-state index in [0.717, 1.165) is 43.9 Å². The van der Waals surface area contributed by atoms with Gasteiger partial charge in [-0.05, 0) is 18.6 Å². The zero-order valence-corrected chi connectivity index (χ0v) is 15.7. The van der Waals surface area contributed by atoms with Crippen molar-refractivity contribution in [2.45, 2.75) is 13.5 Å². The molecule has 0 bridgehead atoms. The average Bonchev–Trinajstić information content (AvgIpc) is 2.67. The van der Waals surface area contributed by atoms with Gasteiger partial charge in [-0.15, -0.1) is 0 Å². The fourth-order valence-corrected chi connectivity index (χ4v) is 3.64. The van der Waals surface area contributed by atoms with Crippen LogP contribution in [0.3, 0.4) is 0 Å². The van der Waals surface area contributed by atoms with Gasteiger partial charge in [-0.2, -0.15) is 0 Å². The van der Waals surface area contributed by atoms with Crippen molar-refractivity contribution in [1.82, 2.24) is 14.9 Å². The number of fused-ring (bicyclic) bond motifs is 1. The Kier molecular flexibility index (Phi) is 4.90. The van der Waals surface area contributed by atoms with Gasteiger partial charge in [0.1, 0.15) is 12.1 Å². The highest BCUT2D eigenvalue weighted by molar-refractivity contribution is 5.90. The van der Waals surface area contributed by atoms with Crippen molar-refractivity contribution in [3.05, 3.63) is 59.7 Å². The second-order valence-corrected chi connectivity index (χ2v) is 6.95. The molecule has 4 rings (SSSR count). The van der Waals surface area contributed by atoms with E-state index in [2.05, 4.69) is 51.0 Å². The lowest BCUT2D eigenvalue weighted by molar-refractivity contribution is 0.249. The number of benzene rings is 2. The van der Waals surface area contributed by atoms with Crippen LogP contribution in [-0.2, 0) is 6.54 Å². The molecule has 3 aromatic rings. The van der Waals surface area contributed by atoms with E-state index in [1.54, 1.807) is 6.07 Å². The normalized spacial score (nSPS) is 15.3. The molecule has 1 fully saturated rings. The Labute approximate surface area is 158 Å². The number of ether oxygens (including phenoxy) is 1. The number of aromatic nitrogens is 2. The molecular weight excluding hydrogens is 343 g/mol. The summed E-state index contributed by atoms with van der Waals surface area (Å²) in [7, 11) is 1.47. The van der Waals surface area contributed by atoms with Gasteiger partial charge in [-0.25, -0.2) is 14.4 Å². The highest BCUT2D eigenvalue weighted by Gasteiger charge is 2.21. The van der Waals surface area contributed by atoms with Crippen LogP contribution in [-0.4, -0.2) is 48.2 Å². The summed E-state index contributed by atoms with van der Waals surface area (Å²) in [4.78, 5) is 13.4. The Morgan fingerprint density at radius 2 is 1.89 bits per heavy atom. The molecule has 0 spiro atoms. The lowest BCUT2D eigenvalue weighted by Gasteiger charge is -2.35. The summed E-state index contributed by atoms with van der Waals surface area (Å²) in [5.74, 6) is 0.655. The monoisotopic (exact) mass is 366 g/mol. The van der Waals surface area contributed by atoms with Gasteiger partial charge in [0.15, 0.2) is 11.6 Å². The third-order valence-corrected chi connectivity index (χ3v) is 5.05. The van der Waals surface area contributed by atoms with Crippen LogP contribution in [0.1, 0.15) is 11.1 Å². The van der Waals surface area contributed by atoms with Crippen LogP contribution in [0.15, 0.2) is 42.7 Å². The predicted molar refractivity (Wildman–Crippen MR) is 105 cm³/mol. The molecule has 0 saturated carbocycles. The molecule has 0 amide bonds. The summed E-state index contributed by atoms with van der Waals surface area (Å²) in [5.41, 5.74) is 3.23. The quantitative estimate of drug-likeness (QED) is 0.708. The van der Waals surface area contributed by atoms with E-state index < -0.39 is 5.82 Å². The summed E-state index contributed by atoms with van der Waals surface area (Å²) < 4.78 is 19.1. The van der Waals surface area contributed by atoms with Crippen LogP contribution in [0.25, 0.3) is 10.9 Å². The van der Waals surface area contributed by atoms with E-state index in [0.29, 0.717) is 5.52 Å². The van der Waals surface area contributed by atoms with Gasteiger partial charge in [0, 0.05) is 44.2 Å². The molecule has 0 unspecified atom stereocenters. The summed E-state index contributed by atoms with van der Waals surface area (Å²) >= 11 is 0. The molecule has 140 valence electrons. The van der Waals surface area contributed by atoms with Gasteiger partial charge < -0.3 is 9.64 Å². The summed E-state index contributed by atoms with van der Waals surface area (Å²) in [6.07, 6.45) is 1.50. The van der Waals surface area contributed by atoms with Gasteiger partial charge in [0.05, 0.1) is 12.6 Å². The first-order valence-electron chi connectivity index (χ1n) is 9.15. The van der Waals surface area contributed by atoms with Crippen LogP contribution in [0, 0.1) is 12.7 Å². The zero-order chi connectivity index (χ0) is 18.8.